The van der Waals surface area contributed by atoms with Crippen molar-refractivity contribution in [2.45, 2.75) is 30.7 Å². The number of rotatable bonds is 1. The fraction of sp³-hybridized carbons (Fsp3) is 1.00. The summed E-state index contributed by atoms with van der Waals surface area (Å²) < 4.78 is 4.78. The first-order chi connectivity index (χ1) is 5.57. The van der Waals surface area contributed by atoms with Gasteiger partial charge in [0.05, 0.1) is 6.10 Å². The number of hydrogen-bond donors (Lipinski definition) is 4. The quantitative estimate of drug-likeness (QED) is 0.407. The van der Waals surface area contributed by atoms with Gasteiger partial charge >= 0.3 is 0 Å². The zero-order valence-corrected chi connectivity index (χ0v) is 7.75. The number of halogens is 1. The molecule has 0 saturated carbocycles. The normalized spacial score (nSPS) is 49.2. The molecule has 0 aliphatic carbocycles. The molecule has 1 aliphatic heterocycles. The summed E-state index contributed by atoms with van der Waals surface area (Å²) in [6, 6.07) is 0. The van der Waals surface area contributed by atoms with Crippen molar-refractivity contribution < 1.29 is 25.2 Å². The molecule has 5 nitrogen and oxygen atoms in total. The van der Waals surface area contributed by atoms with Crippen LogP contribution < -0.4 is 0 Å². The Balaban J connectivity index is 2.63. The maximum atomic E-state index is 9.25. The van der Waals surface area contributed by atoms with Crippen LogP contribution >= 0.6 is 15.9 Å². The summed E-state index contributed by atoms with van der Waals surface area (Å²) in [5, 5.41) is 36.7. The van der Waals surface area contributed by atoms with E-state index in [9.17, 15) is 5.11 Å². The van der Waals surface area contributed by atoms with Crippen molar-refractivity contribution in [2.24, 2.45) is 0 Å². The summed E-state index contributed by atoms with van der Waals surface area (Å²) in [6.45, 7) is 0. The summed E-state index contributed by atoms with van der Waals surface area (Å²) in [6.07, 6.45) is -6.13. The SMILES string of the molecule is OC1O[C@H](CBr)[C@H](O)[C@H](O)[C@H]1O. The van der Waals surface area contributed by atoms with E-state index in [0.29, 0.717) is 0 Å². The van der Waals surface area contributed by atoms with Gasteiger partial charge in [-0.05, 0) is 0 Å². The van der Waals surface area contributed by atoms with Gasteiger partial charge in [0, 0.05) is 5.33 Å². The van der Waals surface area contributed by atoms with E-state index >= 15 is 0 Å². The highest BCUT2D eigenvalue weighted by Gasteiger charge is 2.42. The smallest absolute Gasteiger partial charge is 0.183 e. The van der Waals surface area contributed by atoms with Gasteiger partial charge in [-0.1, -0.05) is 15.9 Å². The van der Waals surface area contributed by atoms with Crippen LogP contribution in [0.2, 0.25) is 0 Å². The monoisotopic (exact) mass is 242 g/mol. The zero-order valence-electron chi connectivity index (χ0n) is 6.17. The van der Waals surface area contributed by atoms with Crippen LogP contribution in [0.4, 0.5) is 0 Å². The molecule has 1 unspecified atom stereocenters. The van der Waals surface area contributed by atoms with Crippen LogP contribution in [-0.4, -0.2) is 56.5 Å². The molecule has 0 aromatic heterocycles. The van der Waals surface area contributed by atoms with Crippen LogP contribution in [0.15, 0.2) is 0 Å². The minimum Gasteiger partial charge on any atom is -0.388 e. The molecule has 0 amide bonds. The van der Waals surface area contributed by atoms with Gasteiger partial charge in [-0.25, -0.2) is 0 Å². The highest BCUT2D eigenvalue weighted by atomic mass is 79.9. The van der Waals surface area contributed by atoms with E-state index in [2.05, 4.69) is 15.9 Å². The first-order valence-corrected chi connectivity index (χ1v) is 4.63. The van der Waals surface area contributed by atoms with Gasteiger partial charge in [0.1, 0.15) is 18.3 Å². The van der Waals surface area contributed by atoms with Crippen LogP contribution in [-0.2, 0) is 4.74 Å². The second-order valence-electron chi connectivity index (χ2n) is 2.69. The fourth-order valence-corrected chi connectivity index (χ4v) is 1.59. The molecule has 5 atom stereocenters. The number of alkyl halides is 1. The fourth-order valence-electron chi connectivity index (χ4n) is 1.06. The van der Waals surface area contributed by atoms with Crippen LogP contribution in [0.1, 0.15) is 0 Å². The number of aliphatic hydroxyl groups excluding tert-OH is 4. The summed E-state index contributed by atoms with van der Waals surface area (Å²) in [4.78, 5) is 0. The lowest BCUT2D eigenvalue weighted by atomic mass is 10.0. The van der Waals surface area contributed by atoms with Gasteiger partial charge < -0.3 is 25.2 Å². The molecule has 12 heavy (non-hydrogen) atoms. The lowest BCUT2D eigenvalue weighted by Gasteiger charge is -2.37. The van der Waals surface area contributed by atoms with Crippen molar-refractivity contribution in [3.8, 4) is 0 Å². The van der Waals surface area contributed by atoms with Crippen molar-refractivity contribution in [1.82, 2.24) is 0 Å². The minimum absolute atomic E-state index is 0.287. The Bertz CT molecular complexity index is 150. The Hall–Kier alpha value is 0.280. The van der Waals surface area contributed by atoms with Crippen molar-refractivity contribution in [1.29, 1.82) is 0 Å². The Labute approximate surface area is 77.7 Å². The second-order valence-corrected chi connectivity index (χ2v) is 3.34. The molecule has 0 aromatic rings. The molecule has 1 aliphatic rings. The van der Waals surface area contributed by atoms with Crippen molar-refractivity contribution >= 4 is 15.9 Å². The van der Waals surface area contributed by atoms with E-state index in [0.717, 1.165) is 0 Å². The van der Waals surface area contributed by atoms with Gasteiger partial charge in [-0.2, -0.15) is 0 Å². The maximum absolute atomic E-state index is 9.25. The van der Waals surface area contributed by atoms with Gasteiger partial charge in [0.2, 0.25) is 0 Å². The Morgan fingerprint density at radius 2 is 1.58 bits per heavy atom. The Kier molecular flexibility index (Phi) is 3.45. The van der Waals surface area contributed by atoms with E-state index in [1.807, 2.05) is 0 Å². The Morgan fingerprint density at radius 1 is 1.00 bits per heavy atom. The molecule has 0 bridgehead atoms. The van der Waals surface area contributed by atoms with E-state index < -0.39 is 30.7 Å². The summed E-state index contributed by atoms with van der Waals surface area (Å²) >= 11 is 3.04. The molecule has 72 valence electrons. The molecule has 0 aromatic carbocycles. The largest absolute Gasteiger partial charge is 0.388 e. The van der Waals surface area contributed by atoms with Gasteiger partial charge in [-0.3, -0.25) is 0 Å². The van der Waals surface area contributed by atoms with Crippen molar-refractivity contribution in [3.63, 3.8) is 0 Å². The highest BCUT2D eigenvalue weighted by Crippen LogP contribution is 2.20. The number of hydrogen-bond acceptors (Lipinski definition) is 5. The minimum atomic E-state index is -1.45. The van der Waals surface area contributed by atoms with Gasteiger partial charge in [0.15, 0.2) is 6.29 Å². The van der Waals surface area contributed by atoms with E-state index in [4.69, 9.17) is 20.1 Å². The van der Waals surface area contributed by atoms with E-state index in [-0.39, 0.29) is 5.33 Å². The summed E-state index contributed by atoms with van der Waals surface area (Å²) in [5.74, 6) is 0. The third-order valence-corrected chi connectivity index (χ3v) is 2.48. The number of ether oxygens (including phenoxy) is 1. The molecular formula is C6H11BrO5. The van der Waals surface area contributed by atoms with Crippen LogP contribution in [0, 0.1) is 0 Å². The predicted octanol–water partition coefficient (Wildman–Crippen LogP) is -1.82. The molecule has 1 fully saturated rings. The van der Waals surface area contributed by atoms with Crippen LogP contribution in [0.5, 0.6) is 0 Å². The summed E-state index contributed by atoms with van der Waals surface area (Å²) in [7, 11) is 0. The van der Waals surface area contributed by atoms with E-state index in [1.54, 1.807) is 0 Å². The third-order valence-electron chi connectivity index (χ3n) is 1.84. The molecule has 1 heterocycles. The lowest BCUT2D eigenvalue weighted by Crippen LogP contribution is -2.57. The van der Waals surface area contributed by atoms with Crippen molar-refractivity contribution in [3.05, 3.63) is 0 Å². The molecule has 1 rings (SSSR count). The van der Waals surface area contributed by atoms with Crippen LogP contribution in [0.25, 0.3) is 0 Å². The zero-order chi connectivity index (χ0) is 9.30. The number of aliphatic hydroxyl groups is 4. The van der Waals surface area contributed by atoms with E-state index in [1.165, 1.54) is 0 Å². The average molecular weight is 243 g/mol. The third kappa shape index (κ3) is 1.78. The molecule has 0 spiro atoms. The van der Waals surface area contributed by atoms with Crippen LogP contribution in [0.3, 0.4) is 0 Å². The molecule has 6 heteroatoms. The van der Waals surface area contributed by atoms with Crippen molar-refractivity contribution in [2.75, 3.05) is 5.33 Å². The summed E-state index contributed by atoms with van der Waals surface area (Å²) in [5.41, 5.74) is 0. The molecule has 4 N–H and O–H groups in total. The standard InChI is InChI=1S/C6H11BrO5/c7-1-2-3(8)4(9)5(10)6(11)12-2/h2-6,8-11H,1H2/t2-,3+,4+,5-,6?/m1/s1. The molecule has 0 radical (unpaired) electrons. The van der Waals surface area contributed by atoms with Gasteiger partial charge in [-0.15, -0.1) is 0 Å². The van der Waals surface area contributed by atoms with Gasteiger partial charge in [0.25, 0.3) is 0 Å². The average Bonchev–Trinajstić information content (AvgIpc) is 2.08. The first-order valence-electron chi connectivity index (χ1n) is 3.51. The maximum Gasteiger partial charge on any atom is 0.183 e. The molecular weight excluding hydrogens is 232 g/mol. The topological polar surface area (TPSA) is 90.2 Å². The first kappa shape index (κ1) is 10.4. The highest BCUT2D eigenvalue weighted by molar-refractivity contribution is 9.09. The molecule has 1 saturated heterocycles. The lowest BCUT2D eigenvalue weighted by molar-refractivity contribution is -0.276. The Morgan fingerprint density at radius 3 is 2.08 bits per heavy atom. The second kappa shape index (κ2) is 3.99. The predicted molar refractivity (Wildman–Crippen MR) is 42.7 cm³/mol.